The molecule has 0 saturated heterocycles. The van der Waals surface area contributed by atoms with Crippen molar-refractivity contribution in [2.75, 3.05) is 6.54 Å². The SMILES string of the molecule is CC(C)CCNC(=O)NC(CC(=O)O)C(=O)O. The summed E-state index contributed by atoms with van der Waals surface area (Å²) in [5.41, 5.74) is 0. The number of nitrogens with one attached hydrogen (secondary N) is 2. The van der Waals surface area contributed by atoms with Crippen molar-refractivity contribution >= 4 is 18.0 Å². The molecule has 0 rings (SSSR count). The average molecular weight is 246 g/mol. The zero-order valence-corrected chi connectivity index (χ0v) is 9.90. The lowest BCUT2D eigenvalue weighted by molar-refractivity contribution is -0.145. The monoisotopic (exact) mass is 246 g/mol. The number of amides is 2. The molecule has 4 N–H and O–H groups in total. The Morgan fingerprint density at radius 2 is 1.76 bits per heavy atom. The molecule has 0 aliphatic heterocycles. The van der Waals surface area contributed by atoms with Crippen molar-refractivity contribution < 1.29 is 24.6 Å². The van der Waals surface area contributed by atoms with Crippen LogP contribution >= 0.6 is 0 Å². The zero-order valence-electron chi connectivity index (χ0n) is 9.90. The first-order valence-electron chi connectivity index (χ1n) is 5.32. The van der Waals surface area contributed by atoms with Crippen molar-refractivity contribution in [1.29, 1.82) is 0 Å². The second kappa shape index (κ2) is 7.48. The topological polar surface area (TPSA) is 116 Å². The smallest absolute Gasteiger partial charge is 0.326 e. The highest BCUT2D eigenvalue weighted by Crippen LogP contribution is 1.96. The van der Waals surface area contributed by atoms with E-state index in [2.05, 4.69) is 10.6 Å². The van der Waals surface area contributed by atoms with E-state index in [1.54, 1.807) is 0 Å². The minimum atomic E-state index is -1.41. The second-order valence-corrected chi connectivity index (χ2v) is 4.07. The van der Waals surface area contributed by atoms with E-state index in [1.165, 1.54) is 0 Å². The highest BCUT2D eigenvalue weighted by molar-refractivity contribution is 5.86. The average Bonchev–Trinajstić information content (AvgIpc) is 2.15. The molecule has 1 unspecified atom stereocenters. The molecule has 0 spiro atoms. The highest BCUT2D eigenvalue weighted by atomic mass is 16.4. The van der Waals surface area contributed by atoms with E-state index in [0.717, 1.165) is 6.42 Å². The summed E-state index contributed by atoms with van der Waals surface area (Å²) < 4.78 is 0. The molecule has 0 heterocycles. The number of urea groups is 1. The van der Waals surface area contributed by atoms with Crippen LogP contribution in [0.25, 0.3) is 0 Å². The van der Waals surface area contributed by atoms with Gasteiger partial charge < -0.3 is 20.8 Å². The van der Waals surface area contributed by atoms with Crippen LogP contribution in [0.3, 0.4) is 0 Å². The lowest BCUT2D eigenvalue weighted by atomic mass is 10.1. The van der Waals surface area contributed by atoms with Gasteiger partial charge in [0, 0.05) is 6.54 Å². The number of hydrogen-bond donors (Lipinski definition) is 4. The molecule has 0 aliphatic carbocycles. The predicted molar refractivity (Wildman–Crippen MR) is 59.7 cm³/mol. The van der Waals surface area contributed by atoms with Gasteiger partial charge in [0.2, 0.25) is 0 Å². The van der Waals surface area contributed by atoms with Crippen molar-refractivity contribution in [2.24, 2.45) is 5.92 Å². The minimum absolute atomic E-state index is 0.420. The maximum Gasteiger partial charge on any atom is 0.326 e. The van der Waals surface area contributed by atoms with Crippen LogP contribution in [0.15, 0.2) is 0 Å². The summed E-state index contributed by atoms with van der Waals surface area (Å²) in [6.07, 6.45) is 0.122. The first-order valence-corrected chi connectivity index (χ1v) is 5.32. The maximum absolute atomic E-state index is 11.2. The summed E-state index contributed by atoms with van der Waals surface area (Å²) in [5, 5.41) is 21.7. The third-order valence-electron chi connectivity index (χ3n) is 1.99. The fourth-order valence-corrected chi connectivity index (χ4v) is 1.06. The molecule has 2 amide bonds. The van der Waals surface area contributed by atoms with Crippen LogP contribution < -0.4 is 10.6 Å². The molecule has 0 radical (unpaired) electrons. The molecule has 7 heteroatoms. The zero-order chi connectivity index (χ0) is 13.4. The normalized spacial score (nSPS) is 11.9. The van der Waals surface area contributed by atoms with Crippen LogP contribution in [0.4, 0.5) is 4.79 Å². The second-order valence-electron chi connectivity index (χ2n) is 4.07. The van der Waals surface area contributed by atoms with Gasteiger partial charge in [-0.2, -0.15) is 0 Å². The van der Waals surface area contributed by atoms with Crippen LogP contribution in [0.2, 0.25) is 0 Å². The van der Waals surface area contributed by atoms with Crippen LogP contribution in [0.1, 0.15) is 26.7 Å². The van der Waals surface area contributed by atoms with E-state index < -0.39 is 30.4 Å². The third kappa shape index (κ3) is 8.06. The number of carbonyl (C=O) groups excluding carboxylic acids is 1. The number of aliphatic carboxylic acids is 2. The van der Waals surface area contributed by atoms with E-state index in [4.69, 9.17) is 10.2 Å². The number of carboxylic acids is 2. The van der Waals surface area contributed by atoms with Crippen LogP contribution in [-0.4, -0.2) is 40.8 Å². The number of hydrogen-bond acceptors (Lipinski definition) is 3. The number of carbonyl (C=O) groups is 3. The van der Waals surface area contributed by atoms with Crippen molar-refractivity contribution in [2.45, 2.75) is 32.7 Å². The number of carboxylic acid groups (broad SMARTS) is 2. The summed E-state index contributed by atoms with van der Waals surface area (Å²) in [4.78, 5) is 32.3. The first kappa shape index (κ1) is 15.2. The molecule has 98 valence electrons. The fourth-order valence-electron chi connectivity index (χ4n) is 1.06. The van der Waals surface area contributed by atoms with Crippen molar-refractivity contribution in [3.05, 3.63) is 0 Å². The summed E-state index contributed by atoms with van der Waals surface area (Å²) >= 11 is 0. The molecule has 0 saturated carbocycles. The van der Waals surface area contributed by atoms with E-state index in [9.17, 15) is 14.4 Å². The molecular formula is C10H18N2O5. The van der Waals surface area contributed by atoms with Crippen LogP contribution in [-0.2, 0) is 9.59 Å². The van der Waals surface area contributed by atoms with Gasteiger partial charge in [0.25, 0.3) is 0 Å². The summed E-state index contributed by atoms with van der Waals surface area (Å²) in [6, 6.07) is -2.08. The van der Waals surface area contributed by atoms with Crippen LogP contribution in [0, 0.1) is 5.92 Å². The Kier molecular flexibility index (Phi) is 6.69. The van der Waals surface area contributed by atoms with Gasteiger partial charge in [-0.25, -0.2) is 9.59 Å². The Morgan fingerprint density at radius 3 is 2.18 bits per heavy atom. The molecular weight excluding hydrogens is 228 g/mol. The summed E-state index contributed by atoms with van der Waals surface area (Å²) in [6.45, 7) is 4.40. The van der Waals surface area contributed by atoms with Crippen molar-refractivity contribution in [3.63, 3.8) is 0 Å². The minimum Gasteiger partial charge on any atom is -0.481 e. The summed E-state index contributed by atoms with van der Waals surface area (Å²) in [5.74, 6) is -2.23. The number of rotatable bonds is 7. The van der Waals surface area contributed by atoms with Gasteiger partial charge in [-0.1, -0.05) is 13.8 Å². The molecule has 0 aliphatic rings. The third-order valence-corrected chi connectivity index (χ3v) is 1.99. The highest BCUT2D eigenvalue weighted by Gasteiger charge is 2.22. The molecule has 17 heavy (non-hydrogen) atoms. The van der Waals surface area contributed by atoms with Crippen molar-refractivity contribution in [3.8, 4) is 0 Å². The lowest BCUT2D eigenvalue weighted by Gasteiger charge is -2.13. The van der Waals surface area contributed by atoms with Crippen molar-refractivity contribution in [1.82, 2.24) is 10.6 Å². The maximum atomic E-state index is 11.2. The van der Waals surface area contributed by atoms with Gasteiger partial charge in [-0.3, -0.25) is 4.79 Å². The Bertz CT molecular complexity index is 290. The first-order chi connectivity index (χ1) is 7.82. The fraction of sp³-hybridized carbons (Fsp3) is 0.700. The Labute approximate surface area is 99.2 Å². The van der Waals surface area contributed by atoms with E-state index in [1.807, 2.05) is 13.8 Å². The lowest BCUT2D eigenvalue weighted by Crippen LogP contribution is -2.47. The van der Waals surface area contributed by atoms with E-state index in [-0.39, 0.29) is 0 Å². The Hall–Kier alpha value is -1.79. The van der Waals surface area contributed by atoms with E-state index in [0.29, 0.717) is 12.5 Å². The Morgan fingerprint density at radius 1 is 1.18 bits per heavy atom. The molecule has 0 aromatic heterocycles. The molecule has 0 aromatic carbocycles. The molecule has 0 aromatic rings. The van der Waals surface area contributed by atoms with Gasteiger partial charge in [-0.05, 0) is 12.3 Å². The largest absolute Gasteiger partial charge is 0.481 e. The Balaban J connectivity index is 4.04. The summed E-state index contributed by atoms with van der Waals surface area (Å²) in [7, 11) is 0. The van der Waals surface area contributed by atoms with Gasteiger partial charge in [-0.15, -0.1) is 0 Å². The quantitative estimate of drug-likeness (QED) is 0.514. The van der Waals surface area contributed by atoms with E-state index >= 15 is 0 Å². The van der Waals surface area contributed by atoms with Gasteiger partial charge in [0.05, 0.1) is 6.42 Å². The molecule has 0 fully saturated rings. The molecule has 1 atom stereocenters. The van der Waals surface area contributed by atoms with Gasteiger partial charge in [0.1, 0.15) is 6.04 Å². The van der Waals surface area contributed by atoms with Gasteiger partial charge in [0.15, 0.2) is 0 Å². The standard InChI is InChI=1S/C10H18N2O5/c1-6(2)3-4-11-10(17)12-7(9(15)16)5-8(13)14/h6-7H,3-5H2,1-2H3,(H,13,14)(H,15,16)(H2,11,12,17). The van der Waals surface area contributed by atoms with Gasteiger partial charge >= 0.3 is 18.0 Å². The van der Waals surface area contributed by atoms with Crippen LogP contribution in [0.5, 0.6) is 0 Å². The molecule has 0 bridgehead atoms. The molecule has 7 nitrogen and oxygen atoms in total. The predicted octanol–water partition coefficient (Wildman–Crippen LogP) is 0.260.